The number of benzene rings is 3. The van der Waals surface area contributed by atoms with E-state index in [0.29, 0.717) is 0 Å². The average Bonchev–Trinajstić information content (AvgIpc) is 2.65. The van der Waals surface area contributed by atoms with Gasteiger partial charge in [-0.2, -0.15) is 0 Å². The van der Waals surface area contributed by atoms with Crippen molar-refractivity contribution in [2.24, 2.45) is 0 Å². The summed E-state index contributed by atoms with van der Waals surface area (Å²) in [6.45, 7) is 2.31. The van der Waals surface area contributed by atoms with Gasteiger partial charge in [0, 0.05) is 0 Å². The molecule has 0 bridgehead atoms. The predicted octanol–water partition coefficient (Wildman–Crippen LogP) is 3.96. The molecule has 0 heterocycles. The summed E-state index contributed by atoms with van der Waals surface area (Å²) >= 11 is -3.07. The SMILES string of the molecule is CCC[CH2][Pb]([c]1ccccc1)([c]1ccccc1)[c]1ccccc1. The van der Waals surface area contributed by atoms with Crippen LogP contribution in [-0.2, 0) is 0 Å². The molecule has 23 heavy (non-hydrogen) atoms. The molecule has 3 aromatic rings. The molecule has 3 aromatic carbocycles. The molecular weight excluding hydrogens is 471 g/mol. The van der Waals surface area contributed by atoms with Crippen molar-refractivity contribution in [1.82, 2.24) is 0 Å². The Labute approximate surface area is 144 Å². The first kappa shape index (κ1) is 16.4. The fourth-order valence-electron chi connectivity index (χ4n) is 3.54. The van der Waals surface area contributed by atoms with Gasteiger partial charge in [-0.15, -0.1) is 0 Å². The Morgan fingerprint density at radius 3 is 1.22 bits per heavy atom. The van der Waals surface area contributed by atoms with E-state index < -0.39 is 21.2 Å². The maximum atomic E-state index is 2.37. The third-order valence-corrected chi connectivity index (χ3v) is 24.4. The van der Waals surface area contributed by atoms with Crippen LogP contribution in [0, 0.1) is 0 Å². The molecule has 0 unspecified atom stereocenters. The third-order valence-electron chi connectivity index (χ3n) is 4.71. The summed E-state index contributed by atoms with van der Waals surface area (Å²) in [4.78, 5) is 0. The molecule has 0 aliphatic carbocycles. The van der Waals surface area contributed by atoms with Crippen molar-refractivity contribution >= 4 is 30.5 Å². The maximum absolute atomic E-state index is 3.07. The van der Waals surface area contributed by atoms with Gasteiger partial charge in [0.05, 0.1) is 0 Å². The molecule has 0 nitrogen and oxygen atoms in total. The summed E-state index contributed by atoms with van der Waals surface area (Å²) in [5.74, 6) is 0. The van der Waals surface area contributed by atoms with Crippen LogP contribution >= 0.6 is 0 Å². The first-order chi connectivity index (χ1) is 11.4. The zero-order chi connectivity index (χ0) is 16.0. The van der Waals surface area contributed by atoms with Gasteiger partial charge >= 0.3 is 145 Å². The van der Waals surface area contributed by atoms with E-state index in [1.165, 1.54) is 16.8 Å². The Hall–Kier alpha value is -1.42. The summed E-state index contributed by atoms with van der Waals surface area (Å²) in [6.07, 6.45) is 2.56. The van der Waals surface area contributed by atoms with Crippen molar-refractivity contribution in [3.63, 3.8) is 0 Å². The molecule has 1 heteroatoms. The fraction of sp³-hybridized carbons (Fsp3) is 0.182. The van der Waals surface area contributed by atoms with Gasteiger partial charge in [-0.05, 0) is 0 Å². The second-order valence-corrected chi connectivity index (χ2v) is 21.8. The quantitative estimate of drug-likeness (QED) is 0.455. The van der Waals surface area contributed by atoms with E-state index in [1.54, 1.807) is 9.37 Å². The molecule has 0 fully saturated rings. The first-order valence-electron chi connectivity index (χ1n) is 8.54. The van der Waals surface area contributed by atoms with E-state index in [4.69, 9.17) is 0 Å². The topological polar surface area (TPSA) is 0 Å². The molecule has 0 spiro atoms. The van der Waals surface area contributed by atoms with Crippen LogP contribution in [0.15, 0.2) is 91.0 Å². The van der Waals surface area contributed by atoms with E-state index >= 15 is 0 Å². The standard InChI is InChI=1S/3C6H5.C4H9.Pb/c3*1-2-4-6-5-3-1;1-3-4-2;/h3*1-5H;1,3-4H2,2H3;. The van der Waals surface area contributed by atoms with Crippen molar-refractivity contribution in [3.05, 3.63) is 91.0 Å². The molecule has 0 radical (unpaired) electrons. The van der Waals surface area contributed by atoms with Crippen molar-refractivity contribution < 1.29 is 0 Å². The van der Waals surface area contributed by atoms with Gasteiger partial charge in [0.1, 0.15) is 0 Å². The van der Waals surface area contributed by atoms with Crippen molar-refractivity contribution in [3.8, 4) is 0 Å². The first-order valence-corrected chi connectivity index (χ1v) is 17.1. The summed E-state index contributed by atoms with van der Waals surface area (Å²) in [6, 6.07) is 33.9. The molecule has 0 amide bonds. The van der Waals surface area contributed by atoms with E-state index in [1.807, 2.05) is 0 Å². The predicted molar refractivity (Wildman–Crippen MR) is 104 cm³/mol. The van der Waals surface area contributed by atoms with Gasteiger partial charge < -0.3 is 0 Å². The molecule has 0 N–H and O–H groups in total. The summed E-state index contributed by atoms with van der Waals surface area (Å²) < 4.78 is 6.16. The average molecular weight is 496 g/mol. The van der Waals surface area contributed by atoms with Crippen LogP contribution in [-0.4, -0.2) is 21.2 Å². The number of unbranched alkanes of at least 4 members (excludes halogenated alkanes) is 1. The van der Waals surface area contributed by atoms with Crippen LogP contribution in [0.5, 0.6) is 0 Å². The van der Waals surface area contributed by atoms with Gasteiger partial charge in [0.25, 0.3) is 0 Å². The number of hydrogen-bond donors (Lipinski definition) is 0. The molecule has 3 rings (SSSR count). The molecule has 0 saturated heterocycles. The summed E-state index contributed by atoms with van der Waals surface area (Å²) in [5.41, 5.74) is 0. The van der Waals surface area contributed by atoms with Crippen LogP contribution in [0.2, 0.25) is 3.98 Å². The zero-order valence-corrected chi connectivity index (χ0v) is 17.7. The van der Waals surface area contributed by atoms with Crippen molar-refractivity contribution in [2.75, 3.05) is 0 Å². The number of rotatable bonds is 6. The molecule has 0 aromatic heterocycles. The van der Waals surface area contributed by atoms with Crippen LogP contribution in [0.25, 0.3) is 0 Å². The molecule has 0 saturated carbocycles. The van der Waals surface area contributed by atoms with Crippen LogP contribution in [0.4, 0.5) is 0 Å². The minimum absolute atomic E-state index is 1.26. The number of hydrogen-bond acceptors (Lipinski definition) is 0. The molecule has 0 atom stereocenters. The van der Waals surface area contributed by atoms with Crippen molar-refractivity contribution in [1.29, 1.82) is 0 Å². The zero-order valence-electron chi connectivity index (χ0n) is 13.8. The van der Waals surface area contributed by atoms with Crippen LogP contribution in [0.3, 0.4) is 0 Å². The van der Waals surface area contributed by atoms with Gasteiger partial charge in [0.2, 0.25) is 0 Å². The van der Waals surface area contributed by atoms with Crippen LogP contribution < -0.4 is 9.37 Å². The second-order valence-electron chi connectivity index (χ2n) is 6.11. The Balaban J connectivity index is 2.25. The second kappa shape index (κ2) is 7.91. The van der Waals surface area contributed by atoms with Gasteiger partial charge in [-0.25, -0.2) is 0 Å². The molecule has 0 aliphatic rings. The van der Waals surface area contributed by atoms with Crippen molar-refractivity contribution in [2.45, 2.75) is 23.7 Å². The van der Waals surface area contributed by atoms with E-state index in [0.717, 1.165) is 0 Å². The molecule has 0 aliphatic heterocycles. The Morgan fingerprint density at radius 2 is 0.913 bits per heavy atom. The van der Waals surface area contributed by atoms with E-state index in [2.05, 4.69) is 97.9 Å². The van der Waals surface area contributed by atoms with Gasteiger partial charge in [-0.3, -0.25) is 0 Å². The Kier molecular flexibility index (Phi) is 5.66. The van der Waals surface area contributed by atoms with E-state index in [9.17, 15) is 0 Å². The molecule has 116 valence electrons. The third kappa shape index (κ3) is 3.42. The molecular formula is C22H24Pb. The normalized spacial score (nSPS) is 11.3. The fourth-order valence-corrected chi connectivity index (χ4v) is 23.1. The van der Waals surface area contributed by atoms with Gasteiger partial charge in [0.15, 0.2) is 0 Å². The Morgan fingerprint density at radius 1 is 0.565 bits per heavy atom. The monoisotopic (exact) mass is 496 g/mol. The minimum atomic E-state index is -3.07. The van der Waals surface area contributed by atoms with Crippen LogP contribution in [0.1, 0.15) is 19.8 Å². The Bertz CT molecular complexity index is 608. The summed E-state index contributed by atoms with van der Waals surface area (Å²) in [7, 11) is 0. The van der Waals surface area contributed by atoms with Gasteiger partial charge in [-0.1, -0.05) is 0 Å². The summed E-state index contributed by atoms with van der Waals surface area (Å²) in [5, 5.41) is 0. The van der Waals surface area contributed by atoms with E-state index in [-0.39, 0.29) is 0 Å².